The lowest BCUT2D eigenvalue weighted by molar-refractivity contribution is 0.0954. The Bertz CT molecular complexity index is 539. The maximum atomic E-state index is 11.9. The van der Waals surface area contributed by atoms with Gasteiger partial charge < -0.3 is 5.32 Å². The molecular weight excluding hydrogens is 252 g/mol. The van der Waals surface area contributed by atoms with Crippen LogP contribution in [0.2, 0.25) is 5.02 Å². The van der Waals surface area contributed by atoms with Crippen LogP contribution in [0.25, 0.3) is 0 Å². The van der Waals surface area contributed by atoms with Gasteiger partial charge in [0.2, 0.25) is 0 Å². The third kappa shape index (κ3) is 3.07. The summed E-state index contributed by atoms with van der Waals surface area (Å²) in [5, 5.41) is 9.71. The number of hydrogen-bond donors (Lipinski definition) is 2. The molecule has 0 saturated heterocycles. The number of rotatable bonds is 4. The standard InChI is InChI=1S/C12H13ClN4O/c1-8-2-3-9(10(13)6-8)12(18)14-5-4-11-15-7-16-17-11/h2-3,6-7H,4-5H2,1H3,(H,14,18)(H,15,16,17). The molecule has 0 saturated carbocycles. The van der Waals surface area contributed by atoms with Crippen molar-refractivity contribution < 1.29 is 4.79 Å². The second-order valence-corrected chi connectivity index (χ2v) is 4.33. The van der Waals surface area contributed by atoms with Gasteiger partial charge in [0.1, 0.15) is 12.2 Å². The zero-order valence-electron chi connectivity index (χ0n) is 9.90. The van der Waals surface area contributed by atoms with Crippen LogP contribution in [0.15, 0.2) is 24.5 Å². The number of benzene rings is 1. The number of amides is 1. The average molecular weight is 265 g/mol. The van der Waals surface area contributed by atoms with Gasteiger partial charge in [-0.05, 0) is 24.6 Å². The predicted molar refractivity (Wildman–Crippen MR) is 68.6 cm³/mol. The Balaban J connectivity index is 1.91. The monoisotopic (exact) mass is 264 g/mol. The van der Waals surface area contributed by atoms with Gasteiger partial charge in [-0.25, -0.2) is 4.98 Å². The lowest BCUT2D eigenvalue weighted by atomic mass is 10.1. The van der Waals surface area contributed by atoms with E-state index in [1.54, 1.807) is 12.1 Å². The van der Waals surface area contributed by atoms with Crippen molar-refractivity contribution in [2.24, 2.45) is 0 Å². The first-order valence-corrected chi connectivity index (χ1v) is 5.93. The van der Waals surface area contributed by atoms with Crippen LogP contribution in [0.1, 0.15) is 21.7 Å². The Morgan fingerprint density at radius 1 is 1.50 bits per heavy atom. The first kappa shape index (κ1) is 12.6. The molecule has 6 heteroatoms. The van der Waals surface area contributed by atoms with Gasteiger partial charge in [0.15, 0.2) is 0 Å². The summed E-state index contributed by atoms with van der Waals surface area (Å²) >= 11 is 6.01. The van der Waals surface area contributed by atoms with Crippen LogP contribution < -0.4 is 5.32 Å². The first-order valence-electron chi connectivity index (χ1n) is 5.55. The van der Waals surface area contributed by atoms with Crippen LogP contribution in [0.5, 0.6) is 0 Å². The molecule has 0 aliphatic carbocycles. The van der Waals surface area contributed by atoms with Crippen molar-refractivity contribution in [3.63, 3.8) is 0 Å². The van der Waals surface area contributed by atoms with Gasteiger partial charge in [-0.2, -0.15) is 5.10 Å². The van der Waals surface area contributed by atoms with E-state index in [4.69, 9.17) is 11.6 Å². The molecule has 1 aromatic heterocycles. The van der Waals surface area contributed by atoms with Gasteiger partial charge in [0.05, 0.1) is 10.6 Å². The minimum absolute atomic E-state index is 0.181. The van der Waals surface area contributed by atoms with Crippen LogP contribution in [-0.2, 0) is 6.42 Å². The number of carbonyl (C=O) groups is 1. The quantitative estimate of drug-likeness (QED) is 0.884. The van der Waals surface area contributed by atoms with E-state index in [1.165, 1.54) is 6.33 Å². The van der Waals surface area contributed by atoms with Gasteiger partial charge in [-0.3, -0.25) is 9.89 Å². The molecular formula is C12H13ClN4O. The Labute approximate surface area is 110 Å². The highest BCUT2D eigenvalue weighted by Gasteiger charge is 2.09. The molecule has 2 aromatic rings. The van der Waals surface area contributed by atoms with E-state index in [-0.39, 0.29) is 5.91 Å². The molecule has 94 valence electrons. The number of aromatic amines is 1. The summed E-state index contributed by atoms with van der Waals surface area (Å²) in [5.41, 5.74) is 1.51. The highest BCUT2D eigenvalue weighted by Crippen LogP contribution is 2.17. The number of nitrogens with one attached hydrogen (secondary N) is 2. The molecule has 0 bridgehead atoms. The van der Waals surface area contributed by atoms with Crippen molar-refractivity contribution >= 4 is 17.5 Å². The normalized spacial score (nSPS) is 10.3. The summed E-state index contributed by atoms with van der Waals surface area (Å²) < 4.78 is 0. The Morgan fingerprint density at radius 2 is 2.33 bits per heavy atom. The van der Waals surface area contributed by atoms with E-state index in [0.29, 0.717) is 23.6 Å². The minimum atomic E-state index is -0.181. The zero-order valence-corrected chi connectivity index (χ0v) is 10.7. The first-order chi connectivity index (χ1) is 8.66. The number of nitrogens with zero attached hydrogens (tertiary/aromatic N) is 2. The van der Waals surface area contributed by atoms with E-state index in [1.807, 2.05) is 13.0 Å². The van der Waals surface area contributed by atoms with Gasteiger partial charge >= 0.3 is 0 Å². The Hall–Kier alpha value is -1.88. The summed E-state index contributed by atoms with van der Waals surface area (Å²) in [6.45, 7) is 2.41. The van der Waals surface area contributed by atoms with Gasteiger partial charge in [-0.1, -0.05) is 17.7 Å². The summed E-state index contributed by atoms with van der Waals surface area (Å²) in [6, 6.07) is 5.35. The number of aryl methyl sites for hydroxylation is 1. The van der Waals surface area contributed by atoms with E-state index in [2.05, 4.69) is 20.5 Å². The van der Waals surface area contributed by atoms with E-state index < -0.39 is 0 Å². The van der Waals surface area contributed by atoms with Crippen molar-refractivity contribution in [1.29, 1.82) is 0 Å². The SMILES string of the molecule is Cc1ccc(C(=O)NCCc2ncn[nH]2)c(Cl)c1. The number of halogens is 1. The third-order valence-corrected chi connectivity index (χ3v) is 2.79. The van der Waals surface area contributed by atoms with Crippen molar-refractivity contribution in [2.45, 2.75) is 13.3 Å². The molecule has 1 heterocycles. The fraction of sp³-hybridized carbons (Fsp3) is 0.250. The highest BCUT2D eigenvalue weighted by molar-refractivity contribution is 6.33. The van der Waals surface area contributed by atoms with Crippen molar-refractivity contribution in [1.82, 2.24) is 20.5 Å². The molecule has 0 aliphatic heterocycles. The van der Waals surface area contributed by atoms with E-state index in [9.17, 15) is 4.79 Å². The van der Waals surface area contributed by atoms with Crippen molar-refractivity contribution in [2.75, 3.05) is 6.54 Å². The molecule has 2 rings (SSSR count). The average Bonchev–Trinajstić information content (AvgIpc) is 2.81. The molecule has 2 N–H and O–H groups in total. The molecule has 0 radical (unpaired) electrons. The van der Waals surface area contributed by atoms with Crippen molar-refractivity contribution in [3.8, 4) is 0 Å². The topological polar surface area (TPSA) is 70.7 Å². The maximum Gasteiger partial charge on any atom is 0.252 e. The third-order valence-electron chi connectivity index (χ3n) is 2.48. The lowest BCUT2D eigenvalue weighted by Gasteiger charge is -2.06. The largest absolute Gasteiger partial charge is 0.352 e. The van der Waals surface area contributed by atoms with Gasteiger partial charge in [0, 0.05) is 13.0 Å². The van der Waals surface area contributed by atoms with Gasteiger partial charge in [-0.15, -0.1) is 0 Å². The summed E-state index contributed by atoms with van der Waals surface area (Å²) in [5.74, 6) is 0.560. The fourth-order valence-electron chi connectivity index (χ4n) is 1.55. The molecule has 0 fully saturated rings. The number of carbonyl (C=O) groups excluding carboxylic acids is 1. The molecule has 0 aliphatic rings. The molecule has 1 aromatic carbocycles. The van der Waals surface area contributed by atoms with Crippen LogP contribution >= 0.6 is 11.6 Å². The summed E-state index contributed by atoms with van der Waals surface area (Å²) in [4.78, 5) is 15.8. The lowest BCUT2D eigenvalue weighted by Crippen LogP contribution is -2.26. The van der Waals surface area contributed by atoms with Crippen LogP contribution in [0, 0.1) is 6.92 Å². The predicted octanol–water partition coefficient (Wildman–Crippen LogP) is 1.74. The van der Waals surface area contributed by atoms with Gasteiger partial charge in [0.25, 0.3) is 5.91 Å². The van der Waals surface area contributed by atoms with Crippen LogP contribution in [0.3, 0.4) is 0 Å². The maximum absolute atomic E-state index is 11.9. The Kier molecular flexibility index (Phi) is 3.94. The molecule has 0 atom stereocenters. The fourth-order valence-corrected chi connectivity index (χ4v) is 1.87. The summed E-state index contributed by atoms with van der Waals surface area (Å²) in [6.07, 6.45) is 2.04. The Morgan fingerprint density at radius 3 is 3.00 bits per heavy atom. The molecule has 1 amide bonds. The van der Waals surface area contributed by atoms with E-state index >= 15 is 0 Å². The number of aromatic nitrogens is 3. The summed E-state index contributed by atoms with van der Waals surface area (Å²) in [7, 11) is 0. The van der Waals surface area contributed by atoms with Crippen LogP contribution in [-0.4, -0.2) is 27.6 Å². The molecule has 0 unspecified atom stereocenters. The van der Waals surface area contributed by atoms with Crippen molar-refractivity contribution in [3.05, 3.63) is 46.5 Å². The zero-order chi connectivity index (χ0) is 13.0. The minimum Gasteiger partial charge on any atom is -0.352 e. The molecule has 18 heavy (non-hydrogen) atoms. The molecule has 0 spiro atoms. The highest BCUT2D eigenvalue weighted by atomic mass is 35.5. The van der Waals surface area contributed by atoms with E-state index in [0.717, 1.165) is 11.4 Å². The number of H-pyrrole nitrogens is 1. The molecule has 5 nitrogen and oxygen atoms in total. The second-order valence-electron chi connectivity index (χ2n) is 3.92. The second kappa shape index (κ2) is 5.64. The smallest absolute Gasteiger partial charge is 0.252 e. The number of hydrogen-bond acceptors (Lipinski definition) is 3. The van der Waals surface area contributed by atoms with Crippen LogP contribution in [0.4, 0.5) is 0 Å².